The van der Waals surface area contributed by atoms with Gasteiger partial charge < -0.3 is 20.7 Å². The summed E-state index contributed by atoms with van der Waals surface area (Å²) in [7, 11) is 3.55. The molecule has 1 atom stereocenters. The number of rotatable bonds is 8. The summed E-state index contributed by atoms with van der Waals surface area (Å²) in [4.78, 5) is 13.4. The van der Waals surface area contributed by atoms with Gasteiger partial charge in [0.05, 0.1) is 12.8 Å². The van der Waals surface area contributed by atoms with Crippen LogP contribution in [0.3, 0.4) is 0 Å². The molecule has 1 aromatic rings. The molecule has 1 amide bonds. The Kier molecular flexibility index (Phi) is 6.15. The van der Waals surface area contributed by atoms with Crippen molar-refractivity contribution in [2.24, 2.45) is 5.73 Å². The summed E-state index contributed by atoms with van der Waals surface area (Å²) in [6.45, 7) is 3.33. The maximum Gasteiger partial charge on any atom is 0.236 e. The molecule has 3 N–H and O–H groups in total. The summed E-state index contributed by atoms with van der Waals surface area (Å²) in [6, 6.07) is 7.33. The molecule has 5 heteroatoms. The highest BCUT2D eigenvalue weighted by atomic mass is 16.5. The van der Waals surface area contributed by atoms with Gasteiger partial charge in [0.2, 0.25) is 5.91 Å². The molecule has 0 aliphatic carbocycles. The average Bonchev–Trinajstić information content (AvgIpc) is 2.42. The van der Waals surface area contributed by atoms with Gasteiger partial charge in [0.25, 0.3) is 0 Å². The number of hydrogen-bond donors (Lipinski definition) is 2. The van der Waals surface area contributed by atoms with Crippen LogP contribution in [0.15, 0.2) is 24.3 Å². The van der Waals surface area contributed by atoms with Crippen LogP contribution in [0.25, 0.3) is 0 Å². The molecule has 1 aromatic carbocycles. The predicted octanol–water partition coefficient (Wildman–Crippen LogP) is 0.985. The zero-order valence-corrected chi connectivity index (χ0v) is 11.8. The molecule has 0 radical (unpaired) electrons. The molecule has 0 heterocycles. The Balaban J connectivity index is 2.75. The zero-order valence-electron chi connectivity index (χ0n) is 11.8. The van der Waals surface area contributed by atoms with E-state index in [9.17, 15) is 4.79 Å². The van der Waals surface area contributed by atoms with E-state index in [1.807, 2.05) is 36.2 Å². The first-order chi connectivity index (χ1) is 9.10. The number of nitrogens with two attached hydrogens (primary N) is 1. The van der Waals surface area contributed by atoms with Gasteiger partial charge in [-0.3, -0.25) is 4.79 Å². The highest BCUT2D eigenvalue weighted by Crippen LogP contribution is 2.26. The number of hydrogen-bond acceptors (Lipinski definition) is 4. The van der Waals surface area contributed by atoms with E-state index < -0.39 is 0 Å². The molecular weight excluding hydrogens is 242 g/mol. The smallest absolute Gasteiger partial charge is 0.236 e. The molecule has 0 spiro atoms. The number of nitrogens with zero attached hydrogens (tertiary/aromatic N) is 1. The maximum atomic E-state index is 11.4. The van der Waals surface area contributed by atoms with Crippen LogP contribution in [-0.2, 0) is 4.79 Å². The molecule has 19 heavy (non-hydrogen) atoms. The molecule has 0 aliphatic heterocycles. The Morgan fingerprint density at radius 2 is 2.16 bits per heavy atom. The number of anilines is 1. The fourth-order valence-corrected chi connectivity index (χ4v) is 1.89. The lowest BCUT2D eigenvalue weighted by Gasteiger charge is -2.26. The number of ether oxygens (including phenoxy) is 1. The Morgan fingerprint density at radius 3 is 2.74 bits per heavy atom. The number of primary amides is 1. The largest absolute Gasteiger partial charge is 0.495 e. The van der Waals surface area contributed by atoms with Gasteiger partial charge in [0.15, 0.2) is 0 Å². The van der Waals surface area contributed by atoms with Gasteiger partial charge in [-0.25, -0.2) is 0 Å². The van der Waals surface area contributed by atoms with Gasteiger partial charge in [-0.2, -0.15) is 0 Å². The van der Waals surface area contributed by atoms with E-state index in [2.05, 4.69) is 12.2 Å². The summed E-state index contributed by atoms with van der Waals surface area (Å²) in [5.41, 5.74) is 6.35. The quantitative estimate of drug-likeness (QED) is 0.735. The minimum Gasteiger partial charge on any atom is -0.495 e. The van der Waals surface area contributed by atoms with E-state index in [-0.39, 0.29) is 11.9 Å². The topological polar surface area (TPSA) is 67.6 Å². The van der Waals surface area contributed by atoms with E-state index in [0.29, 0.717) is 6.54 Å². The van der Waals surface area contributed by atoms with Crippen LogP contribution in [0.1, 0.15) is 13.3 Å². The first-order valence-electron chi connectivity index (χ1n) is 6.47. The van der Waals surface area contributed by atoms with Crippen molar-refractivity contribution >= 4 is 11.6 Å². The SMILES string of the molecule is CCCNC(CN(C)c1ccccc1OC)C(N)=O. The normalized spacial score (nSPS) is 11.9. The van der Waals surface area contributed by atoms with Crippen LogP contribution in [0, 0.1) is 0 Å². The van der Waals surface area contributed by atoms with Crippen molar-refractivity contribution in [3.05, 3.63) is 24.3 Å². The van der Waals surface area contributed by atoms with Crippen LogP contribution in [0.4, 0.5) is 5.69 Å². The summed E-state index contributed by atoms with van der Waals surface area (Å²) >= 11 is 0. The molecule has 1 rings (SSSR count). The third-order valence-electron chi connectivity index (χ3n) is 2.94. The number of likely N-dealkylation sites (N-methyl/N-ethyl adjacent to an activating group) is 1. The molecule has 106 valence electrons. The van der Waals surface area contributed by atoms with Crippen molar-refractivity contribution in [3.63, 3.8) is 0 Å². The molecule has 0 aromatic heterocycles. The van der Waals surface area contributed by atoms with E-state index in [4.69, 9.17) is 10.5 Å². The standard InChI is InChI=1S/C14H23N3O2/c1-4-9-16-11(14(15)18)10-17(2)12-7-5-6-8-13(12)19-3/h5-8,11,16H,4,9-10H2,1-3H3,(H2,15,18). The second-order valence-corrected chi connectivity index (χ2v) is 4.46. The second-order valence-electron chi connectivity index (χ2n) is 4.46. The molecule has 0 bridgehead atoms. The fraction of sp³-hybridized carbons (Fsp3) is 0.500. The van der Waals surface area contributed by atoms with Gasteiger partial charge >= 0.3 is 0 Å². The minimum absolute atomic E-state index is 0.338. The van der Waals surface area contributed by atoms with E-state index >= 15 is 0 Å². The van der Waals surface area contributed by atoms with Gasteiger partial charge in [0, 0.05) is 13.6 Å². The highest BCUT2D eigenvalue weighted by Gasteiger charge is 2.18. The van der Waals surface area contributed by atoms with E-state index in [0.717, 1.165) is 24.4 Å². The number of benzene rings is 1. The summed E-state index contributed by atoms with van der Waals surface area (Å²) in [5, 5.41) is 3.15. The third kappa shape index (κ3) is 4.44. The van der Waals surface area contributed by atoms with Gasteiger partial charge in [-0.15, -0.1) is 0 Å². The van der Waals surface area contributed by atoms with Crippen molar-refractivity contribution in [3.8, 4) is 5.75 Å². The van der Waals surface area contributed by atoms with Gasteiger partial charge in [-0.1, -0.05) is 19.1 Å². The Bertz CT molecular complexity index is 409. The zero-order chi connectivity index (χ0) is 14.3. The van der Waals surface area contributed by atoms with E-state index in [1.54, 1.807) is 7.11 Å². The number of methoxy groups -OCH3 is 1. The van der Waals surface area contributed by atoms with Crippen molar-refractivity contribution in [1.29, 1.82) is 0 Å². The average molecular weight is 265 g/mol. The first kappa shape index (κ1) is 15.3. The van der Waals surface area contributed by atoms with Gasteiger partial charge in [-0.05, 0) is 25.1 Å². The van der Waals surface area contributed by atoms with Crippen LogP contribution in [-0.4, -0.2) is 39.2 Å². The minimum atomic E-state index is -0.366. The lowest BCUT2D eigenvalue weighted by atomic mass is 10.2. The maximum absolute atomic E-state index is 11.4. The van der Waals surface area contributed by atoms with Crippen molar-refractivity contribution in [2.75, 3.05) is 32.1 Å². The molecule has 0 aliphatic rings. The summed E-state index contributed by atoms with van der Waals surface area (Å²) < 4.78 is 5.31. The van der Waals surface area contributed by atoms with Crippen molar-refractivity contribution in [2.45, 2.75) is 19.4 Å². The van der Waals surface area contributed by atoms with Crippen LogP contribution >= 0.6 is 0 Å². The third-order valence-corrected chi connectivity index (χ3v) is 2.94. The monoisotopic (exact) mass is 265 g/mol. The molecule has 0 saturated carbocycles. The molecule has 5 nitrogen and oxygen atoms in total. The number of amides is 1. The number of nitrogens with one attached hydrogen (secondary N) is 1. The number of carbonyl (C=O) groups is 1. The van der Waals surface area contributed by atoms with Gasteiger partial charge in [0.1, 0.15) is 11.8 Å². The highest BCUT2D eigenvalue weighted by molar-refractivity contribution is 5.80. The molecule has 1 unspecified atom stereocenters. The van der Waals surface area contributed by atoms with Crippen molar-refractivity contribution < 1.29 is 9.53 Å². The second kappa shape index (κ2) is 7.63. The first-order valence-corrected chi connectivity index (χ1v) is 6.47. The Hall–Kier alpha value is -1.75. The molecule has 0 fully saturated rings. The van der Waals surface area contributed by atoms with Crippen LogP contribution in [0.5, 0.6) is 5.75 Å². The fourth-order valence-electron chi connectivity index (χ4n) is 1.89. The number of para-hydroxylation sites is 2. The summed E-state index contributed by atoms with van der Waals surface area (Å²) in [6.07, 6.45) is 0.960. The Labute approximate surface area is 114 Å². The molecular formula is C14H23N3O2. The lowest BCUT2D eigenvalue weighted by Crippen LogP contribution is -2.48. The number of carbonyl (C=O) groups excluding carboxylic acids is 1. The predicted molar refractivity (Wildman–Crippen MR) is 77.5 cm³/mol. The molecule has 0 saturated heterocycles. The summed E-state index contributed by atoms with van der Waals surface area (Å²) in [5.74, 6) is 0.443. The lowest BCUT2D eigenvalue weighted by molar-refractivity contribution is -0.119. The Morgan fingerprint density at radius 1 is 1.47 bits per heavy atom. The van der Waals surface area contributed by atoms with Crippen LogP contribution in [0.2, 0.25) is 0 Å². The van der Waals surface area contributed by atoms with Crippen molar-refractivity contribution in [1.82, 2.24) is 5.32 Å². The van der Waals surface area contributed by atoms with Crippen LogP contribution < -0.4 is 20.7 Å². The van der Waals surface area contributed by atoms with E-state index in [1.165, 1.54) is 0 Å².